The predicted octanol–water partition coefficient (Wildman–Crippen LogP) is 5.37. The van der Waals surface area contributed by atoms with Crippen molar-refractivity contribution in [2.45, 2.75) is 44.7 Å². The number of hydrogen-bond donors (Lipinski definition) is 1. The molecule has 0 saturated heterocycles. The molecule has 9 heteroatoms. The molecule has 1 atom stereocenters. The molecule has 0 saturated carbocycles. The van der Waals surface area contributed by atoms with E-state index >= 15 is 0 Å². The van der Waals surface area contributed by atoms with Gasteiger partial charge in [-0.25, -0.2) is 8.42 Å². The van der Waals surface area contributed by atoms with Gasteiger partial charge in [0.05, 0.1) is 17.2 Å². The molecule has 1 N–H and O–H groups in total. The third-order valence-electron chi connectivity index (χ3n) is 7.10. The van der Waals surface area contributed by atoms with Crippen molar-refractivity contribution < 1.29 is 22.7 Å². The lowest BCUT2D eigenvalue weighted by atomic mass is 10.0. The normalized spacial score (nSPS) is 11.8. The average Bonchev–Trinajstić information content (AvgIpc) is 3.03. The molecular formula is C35H39N3O5S. The minimum Gasteiger partial charge on any atom is -0.494 e. The Morgan fingerprint density at radius 2 is 1.45 bits per heavy atom. The fraction of sp³-hybridized carbons (Fsp3) is 0.257. The van der Waals surface area contributed by atoms with E-state index in [9.17, 15) is 18.0 Å². The van der Waals surface area contributed by atoms with E-state index in [4.69, 9.17) is 4.74 Å². The number of amides is 2. The number of benzene rings is 4. The number of carbonyl (C=O) groups excluding carboxylic acids is 2. The van der Waals surface area contributed by atoms with E-state index in [2.05, 4.69) is 5.32 Å². The Bertz CT molecular complexity index is 1630. The van der Waals surface area contributed by atoms with Crippen LogP contribution in [0.3, 0.4) is 0 Å². The molecule has 44 heavy (non-hydrogen) atoms. The van der Waals surface area contributed by atoms with E-state index in [0.29, 0.717) is 24.6 Å². The second kappa shape index (κ2) is 15.2. The Morgan fingerprint density at radius 1 is 0.818 bits per heavy atom. The van der Waals surface area contributed by atoms with Crippen molar-refractivity contribution in [1.82, 2.24) is 10.2 Å². The summed E-state index contributed by atoms with van der Waals surface area (Å²) in [5.74, 6) is -0.233. The molecule has 0 aromatic heterocycles. The van der Waals surface area contributed by atoms with Crippen molar-refractivity contribution in [3.05, 3.63) is 126 Å². The van der Waals surface area contributed by atoms with Gasteiger partial charge in [0.1, 0.15) is 18.3 Å². The second-order valence-electron chi connectivity index (χ2n) is 10.4. The van der Waals surface area contributed by atoms with Gasteiger partial charge in [0.15, 0.2) is 0 Å². The number of nitrogens with zero attached hydrogens (tertiary/aromatic N) is 2. The number of rotatable bonds is 14. The topological polar surface area (TPSA) is 96.0 Å². The van der Waals surface area contributed by atoms with Crippen LogP contribution in [0, 0.1) is 6.92 Å². The fourth-order valence-corrected chi connectivity index (χ4v) is 6.41. The first-order valence-corrected chi connectivity index (χ1v) is 16.1. The third kappa shape index (κ3) is 8.26. The first-order chi connectivity index (χ1) is 21.2. The number of hydrogen-bond acceptors (Lipinski definition) is 5. The fourth-order valence-electron chi connectivity index (χ4n) is 4.98. The van der Waals surface area contributed by atoms with Crippen molar-refractivity contribution in [3.63, 3.8) is 0 Å². The van der Waals surface area contributed by atoms with E-state index < -0.39 is 28.5 Å². The van der Waals surface area contributed by atoms with Crippen molar-refractivity contribution >= 4 is 27.5 Å². The molecule has 8 nitrogen and oxygen atoms in total. The van der Waals surface area contributed by atoms with Gasteiger partial charge in [-0.15, -0.1) is 0 Å². The highest BCUT2D eigenvalue weighted by molar-refractivity contribution is 7.92. The quantitative estimate of drug-likeness (QED) is 0.207. The van der Waals surface area contributed by atoms with Crippen molar-refractivity contribution in [2.75, 3.05) is 24.0 Å². The van der Waals surface area contributed by atoms with Gasteiger partial charge in [-0.05, 0) is 68.3 Å². The van der Waals surface area contributed by atoms with Gasteiger partial charge < -0.3 is 15.0 Å². The predicted molar refractivity (Wildman–Crippen MR) is 173 cm³/mol. The molecule has 0 spiro atoms. The Labute approximate surface area is 260 Å². The maximum atomic E-state index is 14.4. The molecule has 0 fully saturated rings. The molecule has 0 radical (unpaired) electrons. The minimum atomic E-state index is -4.16. The highest BCUT2D eigenvalue weighted by Crippen LogP contribution is 2.27. The zero-order valence-corrected chi connectivity index (χ0v) is 26.2. The molecule has 0 unspecified atom stereocenters. The maximum absolute atomic E-state index is 14.4. The molecule has 0 aliphatic carbocycles. The van der Waals surface area contributed by atoms with Crippen LogP contribution in [0.15, 0.2) is 114 Å². The van der Waals surface area contributed by atoms with Gasteiger partial charge >= 0.3 is 0 Å². The Morgan fingerprint density at radius 3 is 2.07 bits per heavy atom. The highest BCUT2D eigenvalue weighted by atomic mass is 32.2. The van der Waals surface area contributed by atoms with Gasteiger partial charge in [0.25, 0.3) is 10.0 Å². The highest BCUT2D eigenvalue weighted by Gasteiger charge is 2.34. The second-order valence-corrected chi connectivity index (χ2v) is 12.2. The van der Waals surface area contributed by atoms with Crippen molar-refractivity contribution in [2.24, 2.45) is 0 Å². The number of anilines is 1. The summed E-state index contributed by atoms with van der Waals surface area (Å²) in [5.41, 5.74) is 3.03. The van der Waals surface area contributed by atoms with E-state index in [1.54, 1.807) is 42.5 Å². The Balaban J connectivity index is 1.78. The summed E-state index contributed by atoms with van der Waals surface area (Å²) in [6.07, 6.45) is 0.263. The number of aryl methyl sites for hydroxylation is 1. The summed E-state index contributed by atoms with van der Waals surface area (Å²) in [4.78, 5) is 29.5. The average molecular weight is 614 g/mol. The van der Waals surface area contributed by atoms with E-state index in [1.807, 2.05) is 75.4 Å². The van der Waals surface area contributed by atoms with Crippen LogP contribution in [-0.4, -0.2) is 50.9 Å². The first-order valence-electron chi connectivity index (χ1n) is 14.7. The van der Waals surface area contributed by atoms with E-state index in [-0.39, 0.29) is 23.8 Å². The summed E-state index contributed by atoms with van der Waals surface area (Å²) in [5, 5.41) is 2.88. The maximum Gasteiger partial charge on any atom is 0.264 e. The van der Waals surface area contributed by atoms with Crippen LogP contribution in [0.2, 0.25) is 0 Å². The third-order valence-corrected chi connectivity index (χ3v) is 8.89. The molecule has 4 rings (SSSR count). The number of sulfonamides is 1. The van der Waals surface area contributed by atoms with Gasteiger partial charge in [-0.1, -0.05) is 78.4 Å². The lowest BCUT2D eigenvalue weighted by molar-refractivity contribution is -0.140. The largest absolute Gasteiger partial charge is 0.494 e. The van der Waals surface area contributed by atoms with Crippen LogP contribution in [0.4, 0.5) is 5.69 Å². The molecule has 2 amide bonds. The Kier molecular flexibility index (Phi) is 11.2. The summed E-state index contributed by atoms with van der Waals surface area (Å²) in [6.45, 7) is 6.10. The number of carbonyl (C=O) groups is 2. The minimum absolute atomic E-state index is 0.0523. The first kappa shape index (κ1) is 32.3. The zero-order chi connectivity index (χ0) is 31.5. The zero-order valence-electron chi connectivity index (χ0n) is 25.3. The van der Waals surface area contributed by atoms with E-state index in [0.717, 1.165) is 21.0 Å². The van der Waals surface area contributed by atoms with Crippen LogP contribution >= 0.6 is 0 Å². The summed E-state index contributed by atoms with van der Waals surface area (Å²) in [7, 11) is -4.16. The molecule has 0 heterocycles. The molecule has 0 aliphatic heterocycles. The summed E-state index contributed by atoms with van der Waals surface area (Å²) in [6, 6.07) is 30.9. The van der Waals surface area contributed by atoms with Gasteiger partial charge in [-0.2, -0.15) is 0 Å². The number of ether oxygens (including phenoxy) is 1. The number of nitrogens with one attached hydrogen (secondary N) is 1. The van der Waals surface area contributed by atoms with Crippen LogP contribution in [-0.2, 0) is 32.6 Å². The smallest absolute Gasteiger partial charge is 0.264 e. The summed E-state index contributed by atoms with van der Waals surface area (Å²) >= 11 is 0. The van der Waals surface area contributed by atoms with Gasteiger partial charge in [0.2, 0.25) is 11.8 Å². The van der Waals surface area contributed by atoms with Gasteiger partial charge in [-0.3, -0.25) is 13.9 Å². The standard InChI is InChI=1S/C35H39N3O5S/c1-4-36-35(40)33(24-28-14-8-6-9-15-28)37(25-29-16-12-13-27(3)23-29)34(39)26-38(30-19-21-31(22-20-30)43-5-2)44(41,42)32-17-10-7-11-18-32/h6-23,33H,4-5,24-26H2,1-3H3,(H,36,40)/t33-/m0/s1. The van der Waals surface area contributed by atoms with E-state index in [1.165, 1.54) is 17.0 Å². The SMILES string of the molecule is CCNC(=O)[C@H](Cc1ccccc1)N(Cc1cccc(C)c1)C(=O)CN(c1ccc(OCC)cc1)S(=O)(=O)c1ccccc1. The molecule has 0 aliphatic rings. The summed E-state index contributed by atoms with van der Waals surface area (Å²) < 4.78 is 34.7. The monoisotopic (exact) mass is 613 g/mol. The molecular weight excluding hydrogens is 574 g/mol. The van der Waals surface area contributed by atoms with Crippen molar-refractivity contribution in [1.29, 1.82) is 0 Å². The Hall–Kier alpha value is -4.63. The van der Waals surface area contributed by atoms with Crippen LogP contribution in [0.25, 0.3) is 0 Å². The lowest BCUT2D eigenvalue weighted by Gasteiger charge is -2.34. The van der Waals surface area contributed by atoms with Crippen LogP contribution in [0.1, 0.15) is 30.5 Å². The number of likely N-dealkylation sites (N-methyl/N-ethyl adjacent to an activating group) is 1. The molecule has 230 valence electrons. The van der Waals surface area contributed by atoms with Gasteiger partial charge in [0, 0.05) is 19.5 Å². The van der Waals surface area contributed by atoms with Crippen LogP contribution < -0.4 is 14.4 Å². The molecule has 4 aromatic rings. The van der Waals surface area contributed by atoms with Crippen molar-refractivity contribution in [3.8, 4) is 5.75 Å². The molecule has 0 bridgehead atoms. The lowest BCUT2D eigenvalue weighted by Crippen LogP contribution is -2.53. The molecule has 4 aromatic carbocycles. The van der Waals surface area contributed by atoms with Crippen LogP contribution in [0.5, 0.6) is 5.75 Å².